The summed E-state index contributed by atoms with van der Waals surface area (Å²) in [6.07, 6.45) is 8.15. The van der Waals surface area contributed by atoms with Crippen molar-refractivity contribution >= 4 is 32.6 Å². The summed E-state index contributed by atoms with van der Waals surface area (Å²) in [5.41, 5.74) is 6.40. The van der Waals surface area contributed by atoms with Crippen LogP contribution in [-0.2, 0) is 0 Å². The number of benzene rings is 1. The van der Waals surface area contributed by atoms with Gasteiger partial charge in [-0.3, -0.25) is 9.78 Å². The number of carbonyl (C=O) groups is 1. The molecule has 1 aromatic carbocycles. The minimum Gasteiger partial charge on any atom is -0.457 e. The average molecular weight is 397 g/mol. The maximum atomic E-state index is 11.3. The summed E-state index contributed by atoms with van der Waals surface area (Å²) in [4.78, 5) is 19.9. The van der Waals surface area contributed by atoms with E-state index in [1.54, 1.807) is 17.4 Å². The number of nitrogens with one attached hydrogen (secondary N) is 1. The molecule has 1 fully saturated rings. The van der Waals surface area contributed by atoms with Gasteiger partial charge < -0.3 is 15.8 Å². The quantitative estimate of drug-likeness (QED) is 0.614. The molecule has 6 nitrogen and oxygen atoms in total. The Labute approximate surface area is 168 Å². The fourth-order valence-electron chi connectivity index (χ4n) is 3.72. The van der Waals surface area contributed by atoms with Crippen molar-refractivity contribution in [2.24, 2.45) is 11.7 Å². The molecule has 1 aliphatic rings. The van der Waals surface area contributed by atoms with E-state index >= 15 is 0 Å². The number of fused-ring (bicyclic) bond motifs is 1. The number of primary amides is 1. The van der Waals surface area contributed by atoms with Crippen LogP contribution >= 0.6 is 11.3 Å². The van der Waals surface area contributed by atoms with Crippen LogP contribution in [0.15, 0.2) is 36.5 Å². The maximum Gasteiger partial charge on any atom is 0.267 e. The first-order valence-corrected chi connectivity index (χ1v) is 10.5. The van der Waals surface area contributed by atoms with Gasteiger partial charge in [0.1, 0.15) is 17.2 Å². The molecular formula is C21H24N4O2S. The van der Waals surface area contributed by atoms with Gasteiger partial charge in [-0.25, -0.2) is 4.98 Å². The third-order valence-electron chi connectivity index (χ3n) is 5.29. The number of carbonyl (C=O) groups excluding carboxylic acids is 1. The lowest BCUT2D eigenvalue weighted by Crippen LogP contribution is -2.27. The van der Waals surface area contributed by atoms with Crippen molar-refractivity contribution in [2.75, 3.05) is 5.32 Å². The summed E-state index contributed by atoms with van der Waals surface area (Å²) in [6, 6.07) is 9.46. The molecule has 2 heterocycles. The summed E-state index contributed by atoms with van der Waals surface area (Å²) in [5.74, 6) is 1.36. The largest absolute Gasteiger partial charge is 0.457 e. The van der Waals surface area contributed by atoms with Gasteiger partial charge in [0.2, 0.25) is 0 Å². The van der Waals surface area contributed by atoms with Gasteiger partial charge in [0, 0.05) is 24.4 Å². The predicted molar refractivity (Wildman–Crippen MR) is 112 cm³/mol. The van der Waals surface area contributed by atoms with E-state index < -0.39 is 5.91 Å². The average Bonchev–Trinajstić information content (AvgIpc) is 3.10. The molecule has 3 aromatic rings. The molecule has 0 spiro atoms. The number of hydrogen-bond acceptors (Lipinski definition) is 6. The van der Waals surface area contributed by atoms with Gasteiger partial charge in [-0.15, -0.1) is 0 Å². The number of rotatable bonds is 6. The SMILES string of the molecule is C[C@H](Nc1nc2ccc(Oc3ccnc(C(N)=O)c3)cc2s1)C1CCCCC1. The zero-order chi connectivity index (χ0) is 19.5. The van der Waals surface area contributed by atoms with Crippen molar-refractivity contribution in [1.29, 1.82) is 0 Å². The maximum absolute atomic E-state index is 11.3. The van der Waals surface area contributed by atoms with Crippen molar-refractivity contribution in [3.63, 3.8) is 0 Å². The number of ether oxygens (including phenoxy) is 1. The van der Waals surface area contributed by atoms with Crippen LogP contribution in [0.25, 0.3) is 10.2 Å². The Morgan fingerprint density at radius 2 is 2.00 bits per heavy atom. The van der Waals surface area contributed by atoms with E-state index in [4.69, 9.17) is 15.5 Å². The minimum absolute atomic E-state index is 0.180. The van der Waals surface area contributed by atoms with E-state index in [0.717, 1.165) is 21.3 Å². The third-order valence-corrected chi connectivity index (χ3v) is 6.24. The number of pyridine rings is 1. The molecule has 0 saturated heterocycles. The molecule has 7 heteroatoms. The van der Waals surface area contributed by atoms with Crippen molar-refractivity contribution in [3.05, 3.63) is 42.2 Å². The monoisotopic (exact) mass is 396 g/mol. The topological polar surface area (TPSA) is 90.1 Å². The Balaban J connectivity index is 1.48. The second-order valence-corrected chi connectivity index (χ2v) is 8.35. The number of thiazole rings is 1. The van der Waals surface area contributed by atoms with Gasteiger partial charge in [0.05, 0.1) is 10.2 Å². The van der Waals surface area contributed by atoms with Crippen molar-refractivity contribution < 1.29 is 9.53 Å². The Kier molecular flexibility index (Phi) is 5.43. The van der Waals surface area contributed by atoms with E-state index in [9.17, 15) is 4.79 Å². The van der Waals surface area contributed by atoms with Crippen LogP contribution in [0.2, 0.25) is 0 Å². The zero-order valence-electron chi connectivity index (χ0n) is 15.9. The molecule has 1 saturated carbocycles. The highest BCUT2D eigenvalue weighted by atomic mass is 32.1. The molecule has 1 aliphatic carbocycles. The molecule has 146 valence electrons. The first-order valence-electron chi connectivity index (χ1n) is 9.69. The highest BCUT2D eigenvalue weighted by molar-refractivity contribution is 7.22. The van der Waals surface area contributed by atoms with Crippen molar-refractivity contribution in [1.82, 2.24) is 9.97 Å². The van der Waals surface area contributed by atoms with Crippen LogP contribution in [0.4, 0.5) is 5.13 Å². The number of anilines is 1. The molecule has 0 radical (unpaired) electrons. The van der Waals surface area contributed by atoms with Crippen LogP contribution < -0.4 is 15.8 Å². The van der Waals surface area contributed by atoms with Crippen molar-refractivity contribution in [2.45, 2.75) is 45.1 Å². The number of nitrogens with two attached hydrogens (primary N) is 1. The number of amides is 1. The van der Waals surface area contributed by atoms with Crippen molar-refractivity contribution in [3.8, 4) is 11.5 Å². The highest BCUT2D eigenvalue weighted by Gasteiger charge is 2.20. The normalized spacial score (nSPS) is 16.0. The Hall–Kier alpha value is -2.67. The highest BCUT2D eigenvalue weighted by Crippen LogP contribution is 2.33. The van der Waals surface area contributed by atoms with Gasteiger partial charge in [-0.1, -0.05) is 30.6 Å². The predicted octanol–water partition coefficient (Wildman–Crippen LogP) is 4.96. The summed E-state index contributed by atoms with van der Waals surface area (Å²) >= 11 is 1.63. The Morgan fingerprint density at radius 1 is 1.21 bits per heavy atom. The second kappa shape index (κ2) is 8.14. The summed E-state index contributed by atoms with van der Waals surface area (Å²) in [5, 5.41) is 4.55. The van der Waals surface area contributed by atoms with Gasteiger partial charge in [0.15, 0.2) is 5.13 Å². The lowest BCUT2D eigenvalue weighted by Gasteiger charge is -2.28. The number of nitrogens with zero attached hydrogens (tertiary/aromatic N) is 2. The van der Waals surface area contributed by atoms with Crippen LogP contribution in [0.3, 0.4) is 0 Å². The first-order chi connectivity index (χ1) is 13.6. The molecular weight excluding hydrogens is 372 g/mol. The van der Waals surface area contributed by atoms with Gasteiger partial charge in [0.25, 0.3) is 5.91 Å². The molecule has 3 N–H and O–H groups in total. The van der Waals surface area contributed by atoms with E-state index in [0.29, 0.717) is 17.5 Å². The fraction of sp³-hybridized carbons (Fsp3) is 0.381. The van der Waals surface area contributed by atoms with Gasteiger partial charge in [-0.05, 0) is 43.9 Å². The zero-order valence-corrected chi connectivity index (χ0v) is 16.7. The molecule has 2 aromatic heterocycles. The Bertz CT molecular complexity index is 981. The van der Waals surface area contributed by atoms with Gasteiger partial charge in [-0.2, -0.15) is 0 Å². The molecule has 1 amide bonds. The smallest absolute Gasteiger partial charge is 0.267 e. The van der Waals surface area contributed by atoms with E-state index in [-0.39, 0.29) is 5.69 Å². The lowest BCUT2D eigenvalue weighted by atomic mass is 9.85. The molecule has 0 aliphatic heterocycles. The Morgan fingerprint density at radius 3 is 2.79 bits per heavy atom. The molecule has 1 atom stereocenters. The molecule has 0 unspecified atom stereocenters. The first kappa shape index (κ1) is 18.7. The lowest BCUT2D eigenvalue weighted by molar-refractivity contribution is 0.0995. The summed E-state index contributed by atoms with van der Waals surface area (Å²) in [6.45, 7) is 2.26. The summed E-state index contributed by atoms with van der Waals surface area (Å²) in [7, 11) is 0. The minimum atomic E-state index is -0.578. The molecule has 28 heavy (non-hydrogen) atoms. The van der Waals surface area contributed by atoms with E-state index in [1.165, 1.54) is 44.4 Å². The van der Waals surface area contributed by atoms with E-state index in [1.807, 2.05) is 18.2 Å². The molecule has 4 rings (SSSR count). The van der Waals surface area contributed by atoms with Crippen LogP contribution in [0, 0.1) is 5.92 Å². The molecule has 0 bridgehead atoms. The van der Waals surface area contributed by atoms with Crippen LogP contribution in [0.5, 0.6) is 11.5 Å². The number of aromatic nitrogens is 2. The van der Waals surface area contributed by atoms with E-state index in [2.05, 4.69) is 17.2 Å². The number of hydrogen-bond donors (Lipinski definition) is 2. The summed E-state index contributed by atoms with van der Waals surface area (Å²) < 4.78 is 6.93. The van der Waals surface area contributed by atoms with Crippen LogP contribution in [-0.4, -0.2) is 21.9 Å². The van der Waals surface area contributed by atoms with Crippen LogP contribution in [0.1, 0.15) is 49.5 Å². The van der Waals surface area contributed by atoms with Gasteiger partial charge >= 0.3 is 0 Å². The second-order valence-electron chi connectivity index (χ2n) is 7.32. The third kappa shape index (κ3) is 4.25. The standard InChI is InChI=1S/C21H24N4O2S/c1-13(14-5-3-2-4-6-14)24-21-25-17-8-7-15(12-19(17)28-21)27-16-9-10-23-18(11-16)20(22)26/h7-14H,2-6H2,1H3,(H2,22,26)(H,24,25)/t13-/m0/s1. The fourth-order valence-corrected chi connectivity index (χ4v) is 4.71.